The van der Waals surface area contributed by atoms with E-state index in [1.165, 1.54) is 6.08 Å². The second-order valence-corrected chi connectivity index (χ2v) is 7.19. The predicted octanol–water partition coefficient (Wildman–Crippen LogP) is 1.41. The van der Waals surface area contributed by atoms with Gasteiger partial charge in [-0.1, -0.05) is 27.2 Å². The Morgan fingerprint density at radius 3 is 2.68 bits per heavy atom. The summed E-state index contributed by atoms with van der Waals surface area (Å²) in [6.45, 7) is 6.24. The minimum absolute atomic E-state index is 0.0737. The van der Waals surface area contributed by atoms with Gasteiger partial charge in [-0.2, -0.15) is 0 Å². The van der Waals surface area contributed by atoms with Crippen LogP contribution in [0.2, 0.25) is 0 Å². The fraction of sp³-hybridized carbons (Fsp3) is 0.800. The lowest BCUT2D eigenvalue weighted by atomic mass is 9.47. The van der Waals surface area contributed by atoms with Crippen LogP contribution >= 0.6 is 0 Å². The van der Waals surface area contributed by atoms with Gasteiger partial charge < -0.3 is 14.9 Å². The molecule has 3 rings (SSSR count). The average Bonchev–Trinajstić information content (AvgIpc) is 2.57. The third kappa shape index (κ3) is 1.42. The molecule has 4 unspecified atom stereocenters. The van der Waals surface area contributed by atoms with E-state index in [4.69, 9.17) is 4.74 Å². The highest BCUT2D eigenvalue weighted by Crippen LogP contribution is 2.62. The smallest absolute Gasteiger partial charge is 0.188 e. The van der Waals surface area contributed by atoms with Gasteiger partial charge in [0.25, 0.3) is 0 Å². The molecule has 1 heterocycles. The molecule has 1 saturated carbocycles. The van der Waals surface area contributed by atoms with E-state index in [0.29, 0.717) is 5.57 Å². The number of ketones is 1. The van der Waals surface area contributed by atoms with Crippen molar-refractivity contribution in [3.8, 4) is 0 Å². The van der Waals surface area contributed by atoms with E-state index < -0.39 is 17.3 Å². The number of allylic oxidation sites excluding steroid dienone is 1. The number of carbonyl (C=O) groups is 1. The second-order valence-electron chi connectivity index (χ2n) is 7.19. The monoisotopic (exact) mass is 266 g/mol. The Morgan fingerprint density at radius 1 is 1.32 bits per heavy atom. The van der Waals surface area contributed by atoms with Crippen molar-refractivity contribution in [2.24, 2.45) is 16.7 Å². The molecule has 0 aromatic carbocycles. The standard InChI is InChI=1S/C15H22O4/c1-13(2)5-4-6-14(3)11(13)10(16)7-9-8-19-12(17)15(9,14)18/h7,11-12,17-18H,4-6,8H2,1-3H3. The Hall–Kier alpha value is -0.710. The van der Waals surface area contributed by atoms with E-state index >= 15 is 0 Å². The second kappa shape index (κ2) is 3.68. The summed E-state index contributed by atoms with van der Waals surface area (Å²) in [6.07, 6.45) is 2.94. The maximum absolute atomic E-state index is 12.5. The molecule has 2 aliphatic carbocycles. The molecule has 0 aromatic heterocycles. The number of aliphatic hydroxyl groups is 2. The number of ether oxygens (including phenoxy) is 1. The normalized spacial score (nSPS) is 48.5. The van der Waals surface area contributed by atoms with Gasteiger partial charge in [-0.3, -0.25) is 4.79 Å². The molecule has 1 aliphatic heterocycles. The number of carbonyl (C=O) groups excluding carboxylic acids is 1. The van der Waals surface area contributed by atoms with Crippen molar-refractivity contribution in [3.05, 3.63) is 11.6 Å². The summed E-state index contributed by atoms with van der Waals surface area (Å²) >= 11 is 0. The minimum Gasteiger partial charge on any atom is -0.379 e. The highest BCUT2D eigenvalue weighted by atomic mass is 16.6. The fourth-order valence-electron chi connectivity index (χ4n) is 4.79. The molecular weight excluding hydrogens is 244 g/mol. The first-order valence-corrected chi connectivity index (χ1v) is 7.00. The first kappa shape index (κ1) is 13.3. The molecule has 1 saturated heterocycles. The molecule has 0 amide bonds. The molecule has 19 heavy (non-hydrogen) atoms. The summed E-state index contributed by atoms with van der Waals surface area (Å²) in [5.74, 6) is -0.191. The number of hydrogen-bond donors (Lipinski definition) is 2. The molecule has 3 aliphatic rings. The van der Waals surface area contributed by atoms with Gasteiger partial charge in [-0.05, 0) is 29.9 Å². The first-order valence-electron chi connectivity index (χ1n) is 7.00. The Bertz CT molecular complexity index is 467. The lowest BCUT2D eigenvalue weighted by molar-refractivity contribution is -0.227. The third-order valence-electron chi connectivity index (χ3n) is 5.65. The maximum Gasteiger partial charge on any atom is 0.188 e. The van der Waals surface area contributed by atoms with Crippen LogP contribution in [0.5, 0.6) is 0 Å². The summed E-state index contributed by atoms with van der Waals surface area (Å²) < 4.78 is 5.22. The van der Waals surface area contributed by atoms with Gasteiger partial charge in [0.05, 0.1) is 6.61 Å². The van der Waals surface area contributed by atoms with Gasteiger partial charge in [0.2, 0.25) is 0 Å². The highest BCUT2D eigenvalue weighted by molar-refractivity contribution is 5.95. The highest BCUT2D eigenvalue weighted by Gasteiger charge is 2.67. The summed E-state index contributed by atoms with van der Waals surface area (Å²) in [5.41, 5.74) is -1.68. The average molecular weight is 266 g/mol. The maximum atomic E-state index is 12.5. The lowest BCUT2D eigenvalue weighted by Gasteiger charge is -2.58. The van der Waals surface area contributed by atoms with Gasteiger partial charge in [0, 0.05) is 11.3 Å². The number of aliphatic hydroxyl groups excluding tert-OH is 1. The summed E-state index contributed by atoms with van der Waals surface area (Å²) in [7, 11) is 0. The molecule has 4 nitrogen and oxygen atoms in total. The van der Waals surface area contributed by atoms with Gasteiger partial charge in [-0.25, -0.2) is 0 Å². The van der Waals surface area contributed by atoms with Crippen molar-refractivity contribution < 1.29 is 19.7 Å². The molecule has 0 radical (unpaired) electrons. The molecule has 2 fully saturated rings. The summed E-state index contributed by atoms with van der Waals surface area (Å²) in [5, 5.41) is 21.2. The van der Waals surface area contributed by atoms with Crippen molar-refractivity contribution >= 4 is 5.78 Å². The van der Waals surface area contributed by atoms with Crippen LogP contribution in [0.1, 0.15) is 40.0 Å². The molecule has 2 N–H and O–H groups in total. The van der Waals surface area contributed by atoms with Crippen LogP contribution in [0.4, 0.5) is 0 Å². The summed E-state index contributed by atoms with van der Waals surface area (Å²) in [4.78, 5) is 12.5. The number of hydrogen-bond acceptors (Lipinski definition) is 4. The van der Waals surface area contributed by atoms with Crippen LogP contribution in [0.25, 0.3) is 0 Å². The molecular formula is C15H22O4. The molecule has 0 aromatic rings. The van der Waals surface area contributed by atoms with E-state index in [2.05, 4.69) is 13.8 Å². The molecule has 0 spiro atoms. The SMILES string of the molecule is CC1(C)CCCC2(C)C1C(=O)C=C1COC(O)C12O. The number of fused-ring (bicyclic) bond motifs is 3. The Balaban J connectivity index is 2.20. The zero-order valence-electron chi connectivity index (χ0n) is 11.8. The summed E-state index contributed by atoms with van der Waals surface area (Å²) in [6, 6.07) is 0. The first-order chi connectivity index (χ1) is 8.73. The zero-order chi connectivity index (χ0) is 14.1. The van der Waals surface area contributed by atoms with Crippen LogP contribution in [0.3, 0.4) is 0 Å². The van der Waals surface area contributed by atoms with Gasteiger partial charge in [0.15, 0.2) is 12.1 Å². The van der Waals surface area contributed by atoms with Crippen LogP contribution in [0, 0.1) is 16.7 Å². The number of rotatable bonds is 0. The quantitative estimate of drug-likeness (QED) is 0.695. The largest absolute Gasteiger partial charge is 0.379 e. The van der Waals surface area contributed by atoms with Crippen LogP contribution < -0.4 is 0 Å². The van der Waals surface area contributed by atoms with Crippen LogP contribution in [0.15, 0.2) is 11.6 Å². The molecule has 0 bridgehead atoms. The van der Waals surface area contributed by atoms with Crippen molar-refractivity contribution in [1.82, 2.24) is 0 Å². The van der Waals surface area contributed by atoms with Crippen LogP contribution in [-0.2, 0) is 9.53 Å². The Labute approximate surface area is 113 Å². The third-order valence-corrected chi connectivity index (χ3v) is 5.65. The molecule has 4 atom stereocenters. The van der Waals surface area contributed by atoms with E-state index in [1.807, 2.05) is 6.92 Å². The zero-order valence-corrected chi connectivity index (χ0v) is 11.8. The van der Waals surface area contributed by atoms with Crippen molar-refractivity contribution in [1.29, 1.82) is 0 Å². The topological polar surface area (TPSA) is 66.8 Å². The minimum atomic E-state index is -1.41. The van der Waals surface area contributed by atoms with Crippen LogP contribution in [-0.4, -0.2) is 34.5 Å². The van der Waals surface area contributed by atoms with E-state index in [-0.39, 0.29) is 23.7 Å². The van der Waals surface area contributed by atoms with Gasteiger partial charge >= 0.3 is 0 Å². The Kier molecular flexibility index (Phi) is 2.58. The lowest BCUT2D eigenvalue weighted by Crippen LogP contribution is -2.64. The fourth-order valence-corrected chi connectivity index (χ4v) is 4.79. The van der Waals surface area contributed by atoms with Crippen molar-refractivity contribution in [2.45, 2.75) is 51.9 Å². The van der Waals surface area contributed by atoms with E-state index in [0.717, 1.165) is 19.3 Å². The van der Waals surface area contributed by atoms with Gasteiger partial charge in [0.1, 0.15) is 5.60 Å². The van der Waals surface area contributed by atoms with E-state index in [9.17, 15) is 15.0 Å². The van der Waals surface area contributed by atoms with Gasteiger partial charge in [-0.15, -0.1) is 0 Å². The van der Waals surface area contributed by atoms with E-state index in [1.54, 1.807) is 0 Å². The van der Waals surface area contributed by atoms with Crippen molar-refractivity contribution in [2.75, 3.05) is 6.61 Å². The molecule has 106 valence electrons. The van der Waals surface area contributed by atoms with Crippen molar-refractivity contribution in [3.63, 3.8) is 0 Å². The Morgan fingerprint density at radius 2 is 2.00 bits per heavy atom. The molecule has 4 heteroatoms. The predicted molar refractivity (Wildman–Crippen MR) is 69.2 cm³/mol.